The number of aliphatic hydroxyl groups excluding tert-OH is 1. The third-order valence-corrected chi connectivity index (χ3v) is 3.70. The number of carboxylic acid groups (broad SMARTS) is 1. The highest BCUT2D eigenvalue weighted by Crippen LogP contribution is 2.18. The van der Waals surface area contributed by atoms with Gasteiger partial charge in [0.15, 0.2) is 5.69 Å². The summed E-state index contributed by atoms with van der Waals surface area (Å²) >= 11 is 1.19. The summed E-state index contributed by atoms with van der Waals surface area (Å²) in [5, 5.41) is 22.5. The zero-order valence-corrected chi connectivity index (χ0v) is 12.5. The Kier molecular flexibility index (Phi) is 5.90. The average Bonchev–Trinajstić information content (AvgIpc) is 2.84. The molecule has 0 bridgehead atoms. The zero-order chi connectivity index (χ0) is 15.3. The van der Waals surface area contributed by atoms with Crippen molar-refractivity contribution in [2.45, 2.75) is 32.9 Å². The second-order valence-electron chi connectivity index (χ2n) is 4.56. The van der Waals surface area contributed by atoms with E-state index in [2.05, 4.69) is 10.3 Å². The molecule has 0 aliphatic carbocycles. The van der Waals surface area contributed by atoms with E-state index < -0.39 is 5.97 Å². The fourth-order valence-corrected chi connectivity index (χ4v) is 2.42. The summed E-state index contributed by atoms with van der Waals surface area (Å²) < 4.78 is 0. The van der Waals surface area contributed by atoms with Gasteiger partial charge in [-0.25, -0.2) is 14.6 Å². The minimum absolute atomic E-state index is 0.0258. The standard InChI is InChI=1S/C12H19N3O4S/c1-7(2)15(4-5-16)12(19)13-8(3)10-14-9(6-20-10)11(17)18/h6-8,16H,4-5H2,1-3H3,(H,13,19)(H,17,18). The molecule has 1 aromatic heterocycles. The van der Waals surface area contributed by atoms with Crippen LogP contribution in [0.4, 0.5) is 4.79 Å². The third kappa shape index (κ3) is 4.17. The largest absolute Gasteiger partial charge is 0.476 e. The smallest absolute Gasteiger partial charge is 0.355 e. The first kappa shape index (κ1) is 16.4. The van der Waals surface area contributed by atoms with Gasteiger partial charge in [-0.3, -0.25) is 0 Å². The first-order valence-electron chi connectivity index (χ1n) is 6.23. The van der Waals surface area contributed by atoms with E-state index in [1.807, 2.05) is 13.8 Å². The molecule has 3 N–H and O–H groups in total. The number of carbonyl (C=O) groups excluding carboxylic acids is 1. The number of carbonyl (C=O) groups is 2. The number of carboxylic acids is 1. The summed E-state index contributed by atoms with van der Waals surface area (Å²) in [5.41, 5.74) is -0.0258. The number of aromatic carboxylic acids is 1. The highest BCUT2D eigenvalue weighted by atomic mass is 32.1. The van der Waals surface area contributed by atoms with Crippen LogP contribution in [0.15, 0.2) is 5.38 Å². The van der Waals surface area contributed by atoms with Gasteiger partial charge in [0, 0.05) is 18.0 Å². The molecule has 7 nitrogen and oxygen atoms in total. The summed E-state index contributed by atoms with van der Waals surface area (Å²) in [6.07, 6.45) is 0. The number of aromatic nitrogens is 1. The van der Waals surface area contributed by atoms with Gasteiger partial charge in [0.25, 0.3) is 0 Å². The van der Waals surface area contributed by atoms with E-state index in [9.17, 15) is 9.59 Å². The normalized spacial score (nSPS) is 12.2. The Morgan fingerprint density at radius 1 is 1.45 bits per heavy atom. The molecule has 0 radical (unpaired) electrons. The van der Waals surface area contributed by atoms with Crippen LogP contribution in [-0.4, -0.2) is 51.3 Å². The summed E-state index contributed by atoms with van der Waals surface area (Å²) in [6, 6.07) is -0.741. The van der Waals surface area contributed by atoms with E-state index in [1.165, 1.54) is 21.6 Å². The van der Waals surface area contributed by atoms with Crippen molar-refractivity contribution in [3.05, 3.63) is 16.1 Å². The Bertz CT molecular complexity index is 475. The molecule has 112 valence electrons. The van der Waals surface area contributed by atoms with E-state index in [0.29, 0.717) is 5.01 Å². The summed E-state index contributed by atoms with van der Waals surface area (Å²) in [4.78, 5) is 28.3. The molecule has 0 saturated carbocycles. The number of nitrogens with zero attached hydrogens (tertiary/aromatic N) is 2. The van der Waals surface area contributed by atoms with Crippen molar-refractivity contribution in [3.8, 4) is 0 Å². The Morgan fingerprint density at radius 3 is 2.55 bits per heavy atom. The minimum Gasteiger partial charge on any atom is -0.476 e. The van der Waals surface area contributed by atoms with Crippen molar-refractivity contribution >= 4 is 23.3 Å². The summed E-state index contributed by atoms with van der Waals surface area (Å²) in [5.74, 6) is -1.09. The molecular formula is C12H19N3O4S. The van der Waals surface area contributed by atoms with Crippen LogP contribution in [-0.2, 0) is 0 Å². The maximum atomic E-state index is 12.1. The maximum Gasteiger partial charge on any atom is 0.355 e. The quantitative estimate of drug-likeness (QED) is 0.735. The number of amides is 2. The molecule has 0 saturated heterocycles. The van der Waals surface area contributed by atoms with Gasteiger partial charge in [-0.2, -0.15) is 0 Å². The molecule has 0 aliphatic heterocycles. The van der Waals surface area contributed by atoms with Crippen molar-refractivity contribution in [3.63, 3.8) is 0 Å². The van der Waals surface area contributed by atoms with Crippen molar-refractivity contribution in [1.29, 1.82) is 0 Å². The number of thiazole rings is 1. The molecule has 8 heteroatoms. The lowest BCUT2D eigenvalue weighted by Crippen LogP contribution is -2.46. The van der Waals surface area contributed by atoms with E-state index in [1.54, 1.807) is 6.92 Å². The van der Waals surface area contributed by atoms with Crippen LogP contribution in [0.5, 0.6) is 0 Å². The highest BCUT2D eigenvalue weighted by Gasteiger charge is 2.21. The Morgan fingerprint density at radius 2 is 2.10 bits per heavy atom. The number of hydrogen-bond acceptors (Lipinski definition) is 5. The molecule has 0 aliphatic rings. The Hall–Kier alpha value is -1.67. The lowest BCUT2D eigenvalue weighted by molar-refractivity contribution is 0.0691. The molecular weight excluding hydrogens is 282 g/mol. The number of aliphatic hydroxyl groups is 1. The third-order valence-electron chi connectivity index (χ3n) is 2.68. The van der Waals surface area contributed by atoms with Gasteiger partial charge in [-0.05, 0) is 20.8 Å². The van der Waals surface area contributed by atoms with Crippen LogP contribution in [0.1, 0.15) is 42.3 Å². The van der Waals surface area contributed by atoms with E-state index in [-0.39, 0.29) is 37.0 Å². The van der Waals surface area contributed by atoms with Crippen LogP contribution in [0.3, 0.4) is 0 Å². The van der Waals surface area contributed by atoms with Crippen LogP contribution in [0, 0.1) is 0 Å². The van der Waals surface area contributed by atoms with Crippen LogP contribution >= 0.6 is 11.3 Å². The van der Waals surface area contributed by atoms with Gasteiger partial charge in [-0.15, -0.1) is 11.3 Å². The van der Waals surface area contributed by atoms with Crippen molar-refractivity contribution in [2.24, 2.45) is 0 Å². The van der Waals surface area contributed by atoms with Crippen LogP contribution < -0.4 is 5.32 Å². The summed E-state index contributed by atoms with van der Waals surface area (Å²) in [6.45, 7) is 5.58. The van der Waals surface area contributed by atoms with Crippen molar-refractivity contribution < 1.29 is 19.8 Å². The fraction of sp³-hybridized carbons (Fsp3) is 0.583. The Balaban J connectivity index is 2.70. The lowest BCUT2D eigenvalue weighted by Gasteiger charge is -2.27. The topological polar surface area (TPSA) is 103 Å². The first-order chi connectivity index (χ1) is 9.36. The second kappa shape index (κ2) is 7.20. The number of nitrogens with one attached hydrogen (secondary N) is 1. The van der Waals surface area contributed by atoms with Gasteiger partial charge in [0.05, 0.1) is 12.6 Å². The average molecular weight is 301 g/mol. The minimum atomic E-state index is -1.09. The molecule has 20 heavy (non-hydrogen) atoms. The second-order valence-corrected chi connectivity index (χ2v) is 5.45. The lowest BCUT2D eigenvalue weighted by atomic mass is 10.3. The number of urea groups is 1. The molecule has 1 heterocycles. The van der Waals surface area contributed by atoms with Gasteiger partial charge >= 0.3 is 12.0 Å². The predicted molar refractivity (Wildman–Crippen MR) is 74.9 cm³/mol. The molecule has 0 fully saturated rings. The fourth-order valence-electron chi connectivity index (χ4n) is 1.62. The molecule has 1 unspecified atom stereocenters. The molecule has 1 rings (SSSR count). The SMILES string of the molecule is CC(NC(=O)N(CCO)C(C)C)c1nc(C(=O)O)cs1. The highest BCUT2D eigenvalue weighted by molar-refractivity contribution is 7.09. The van der Waals surface area contributed by atoms with E-state index >= 15 is 0 Å². The predicted octanol–water partition coefficient (Wildman–Crippen LogP) is 1.31. The maximum absolute atomic E-state index is 12.1. The van der Waals surface area contributed by atoms with Crippen molar-refractivity contribution in [1.82, 2.24) is 15.2 Å². The molecule has 1 aromatic rings. The van der Waals surface area contributed by atoms with Gasteiger partial charge in [0.2, 0.25) is 0 Å². The van der Waals surface area contributed by atoms with Gasteiger partial charge < -0.3 is 20.4 Å². The molecule has 0 aromatic carbocycles. The monoisotopic (exact) mass is 301 g/mol. The first-order valence-corrected chi connectivity index (χ1v) is 7.11. The molecule has 0 spiro atoms. The van der Waals surface area contributed by atoms with Gasteiger partial charge in [-0.1, -0.05) is 0 Å². The van der Waals surface area contributed by atoms with E-state index in [4.69, 9.17) is 10.2 Å². The Labute approximate surface area is 121 Å². The molecule has 2 amide bonds. The summed E-state index contributed by atoms with van der Waals surface area (Å²) in [7, 11) is 0. The number of rotatable bonds is 6. The zero-order valence-electron chi connectivity index (χ0n) is 11.7. The van der Waals surface area contributed by atoms with Crippen molar-refractivity contribution in [2.75, 3.05) is 13.2 Å². The van der Waals surface area contributed by atoms with Crippen LogP contribution in [0.25, 0.3) is 0 Å². The molecule has 1 atom stereocenters. The number of hydrogen-bond donors (Lipinski definition) is 3. The van der Waals surface area contributed by atoms with Crippen LogP contribution in [0.2, 0.25) is 0 Å². The van der Waals surface area contributed by atoms with E-state index in [0.717, 1.165) is 0 Å². The van der Waals surface area contributed by atoms with Gasteiger partial charge in [0.1, 0.15) is 5.01 Å².